The first-order valence-electron chi connectivity index (χ1n) is 4.61. The molecule has 0 N–H and O–H groups in total. The van der Waals surface area contributed by atoms with Crippen LogP contribution in [0.3, 0.4) is 0 Å². The molecule has 14 heavy (non-hydrogen) atoms. The zero-order chi connectivity index (χ0) is 9.80. The topological polar surface area (TPSA) is 0 Å². The Bertz CT molecular complexity index is 389. The van der Waals surface area contributed by atoms with Gasteiger partial charge in [0.1, 0.15) is 0 Å². The first-order chi connectivity index (χ1) is 6.84. The zero-order valence-corrected chi connectivity index (χ0v) is 10.2. The monoisotopic (exact) mass is 295 g/mol. The van der Waals surface area contributed by atoms with Gasteiger partial charge in [-0.2, -0.15) is 0 Å². The molecule has 2 aromatic carbocycles. The van der Waals surface area contributed by atoms with Gasteiger partial charge in [-0.25, -0.2) is 0 Å². The molecule has 0 saturated heterocycles. The summed E-state index contributed by atoms with van der Waals surface area (Å²) in [6, 6.07) is 19.6. The molecule has 1 heteroatoms. The quantitative estimate of drug-likeness (QED) is 0.691. The lowest BCUT2D eigenvalue weighted by Crippen LogP contribution is -3.61. The molecular weight excluding hydrogens is 283 g/mol. The minimum atomic E-state index is 0.0159. The van der Waals surface area contributed by atoms with Crippen LogP contribution in [0.15, 0.2) is 54.6 Å². The summed E-state index contributed by atoms with van der Waals surface area (Å²) in [4.78, 5) is 0. The summed E-state index contributed by atoms with van der Waals surface area (Å²) in [6.45, 7) is 2.13. The molecule has 0 atom stereocenters. The lowest BCUT2D eigenvalue weighted by molar-refractivity contribution is -0.597. The third kappa shape index (κ3) is 2.58. The van der Waals surface area contributed by atoms with E-state index in [1.54, 1.807) is 0 Å². The van der Waals surface area contributed by atoms with Gasteiger partial charge in [0, 0.05) is 0 Å². The Hall–Kier alpha value is -0.830. The molecule has 70 valence electrons. The fourth-order valence-electron chi connectivity index (χ4n) is 1.20. The van der Waals surface area contributed by atoms with Crippen molar-refractivity contribution in [2.24, 2.45) is 0 Å². The molecule has 2 aromatic rings. The van der Waals surface area contributed by atoms with Crippen LogP contribution in [0, 0.1) is 14.1 Å². The molecule has 0 aliphatic heterocycles. The van der Waals surface area contributed by atoms with Crippen molar-refractivity contribution < 1.29 is 21.2 Å². The second kappa shape index (κ2) is 4.60. The largest absolute Gasteiger partial charge is 0.357 e. The average molecular weight is 295 g/mol. The summed E-state index contributed by atoms with van der Waals surface area (Å²) in [5.41, 5.74) is 1.34. The molecule has 0 aliphatic rings. The maximum absolute atomic E-state index is 2.25. The standard InChI is InChI=1S/C13H12I/c1-11-7-9-13(10-8-11)14-12-5-3-2-4-6-12/h2-10H,1H3/q+1. The van der Waals surface area contributed by atoms with Crippen LogP contribution < -0.4 is 21.2 Å². The molecule has 0 heterocycles. The predicted octanol–water partition coefficient (Wildman–Crippen LogP) is 0.123. The van der Waals surface area contributed by atoms with E-state index >= 15 is 0 Å². The van der Waals surface area contributed by atoms with E-state index in [0.29, 0.717) is 0 Å². The maximum Gasteiger partial charge on any atom is 0.357 e. The van der Waals surface area contributed by atoms with E-state index < -0.39 is 0 Å². The summed E-state index contributed by atoms with van der Waals surface area (Å²) in [5.74, 6) is 0. The molecular formula is C13H12I+. The number of benzene rings is 2. The van der Waals surface area contributed by atoms with Gasteiger partial charge >= 0.3 is 21.2 Å². The van der Waals surface area contributed by atoms with Gasteiger partial charge in [0.05, 0.1) is 0 Å². The zero-order valence-electron chi connectivity index (χ0n) is 8.07. The van der Waals surface area contributed by atoms with E-state index in [1.165, 1.54) is 12.7 Å². The molecule has 0 nitrogen and oxygen atoms in total. The van der Waals surface area contributed by atoms with Crippen LogP contribution in [0.5, 0.6) is 0 Å². The first-order valence-corrected chi connectivity index (χ1v) is 6.77. The van der Waals surface area contributed by atoms with Crippen LogP contribution in [0.4, 0.5) is 0 Å². The summed E-state index contributed by atoms with van der Waals surface area (Å²) < 4.78 is 2.97. The van der Waals surface area contributed by atoms with E-state index in [1.807, 2.05) is 0 Å². The second-order valence-corrected chi connectivity index (χ2v) is 6.22. The number of hydrogen-bond donors (Lipinski definition) is 0. The number of halogens is 1. The molecule has 0 aliphatic carbocycles. The van der Waals surface area contributed by atoms with E-state index in [-0.39, 0.29) is 21.2 Å². The first kappa shape index (κ1) is 9.71. The fourth-order valence-corrected chi connectivity index (χ4v) is 3.41. The lowest BCUT2D eigenvalue weighted by Gasteiger charge is -1.88. The second-order valence-electron chi connectivity index (χ2n) is 3.19. The van der Waals surface area contributed by atoms with Crippen molar-refractivity contribution in [1.82, 2.24) is 0 Å². The van der Waals surface area contributed by atoms with Gasteiger partial charge in [-0.3, -0.25) is 0 Å². The molecule has 0 aromatic heterocycles. The fraction of sp³-hybridized carbons (Fsp3) is 0.0769. The van der Waals surface area contributed by atoms with Crippen molar-refractivity contribution in [3.63, 3.8) is 0 Å². The lowest BCUT2D eigenvalue weighted by atomic mass is 10.2. The molecule has 0 unspecified atom stereocenters. The third-order valence-electron chi connectivity index (χ3n) is 1.96. The summed E-state index contributed by atoms with van der Waals surface area (Å²) >= 11 is 0.0159. The van der Waals surface area contributed by atoms with Crippen molar-refractivity contribution in [3.8, 4) is 0 Å². The van der Waals surface area contributed by atoms with Crippen molar-refractivity contribution in [2.75, 3.05) is 0 Å². The van der Waals surface area contributed by atoms with Crippen LogP contribution in [-0.4, -0.2) is 0 Å². The highest BCUT2D eigenvalue weighted by atomic mass is 127. The highest BCUT2D eigenvalue weighted by molar-refractivity contribution is 5.12. The number of rotatable bonds is 2. The summed E-state index contributed by atoms with van der Waals surface area (Å²) in [6.07, 6.45) is 0. The Morgan fingerprint density at radius 3 is 1.93 bits per heavy atom. The van der Waals surface area contributed by atoms with Crippen LogP contribution in [0.1, 0.15) is 5.56 Å². The van der Waals surface area contributed by atoms with Crippen LogP contribution in [0.2, 0.25) is 0 Å². The van der Waals surface area contributed by atoms with E-state index in [2.05, 4.69) is 61.5 Å². The van der Waals surface area contributed by atoms with E-state index in [9.17, 15) is 0 Å². The Labute approximate surface area is 95.2 Å². The molecule has 0 bridgehead atoms. The molecule has 2 rings (SSSR count). The minimum absolute atomic E-state index is 0.0159. The van der Waals surface area contributed by atoms with E-state index in [0.717, 1.165) is 0 Å². The van der Waals surface area contributed by atoms with Crippen LogP contribution >= 0.6 is 0 Å². The average Bonchev–Trinajstić information content (AvgIpc) is 2.23. The van der Waals surface area contributed by atoms with Gasteiger partial charge in [-0.1, -0.05) is 35.9 Å². The van der Waals surface area contributed by atoms with Gasteiger partial charge in [-0.15, -0.1) is 0 Å². The summed E-state index contributed by atoms with van der Waals surface area (Å²) in [7, 11) is 0. The Kier molecular flexibility index (Phi) is 3.19. The van der Waals surface area contributed by atoms with Crippen LogP contribution in [0.25, 0.3) is 0 Å². The third-order valence-corrected chi connectivity index (χ3v) is 4.65. The molecule has 0 saturated carbocycles. The van der Waals surface area contributed by atoms with Crippen molar-refractivity contribution in [3.05, 3.63) is 67.3 Å². The Balaban J connectivity index is 2.16. The molecule has 0 spiro atoms. The maximum atomic E-state index is 2.25. The summed E-state index contributed by atoms with van der Waals surface area (Å²) in [5, 5.41) is 0. The van der Waals surface area contributed by atoms with Gasteiger partial charge in [0.25, 0.3) is 0 Å². The van der Waals surface area contributed by atoms with Gasteiger partial charge < -0.3 is 0 Å². The minimum Gasteiger partial charge on any atom is -0.0619 e. The Morgan fingerprint density at radius 2 is 1.29 bits per heavy atom. The van der Waals surface area contributed by atoms with E-state index in [4.69, 9.17) is 0 Å². The Morgan fingerprint density at radius 1 is 0.714 bits per heavy atom. The molecule has 0 fully saturated rings. The molecule has 0 amide bonds. The smallest absolute Gasteiger partial charge is 0.0619 e. The van der Waals surface area contributed by atoms with Gasteiger partial charge in [0.15, 0.2) is 7.14 Å². The van der Waals surface area contributed by atoms with Crippen molar-refractivity contribution in [2.45, 2.75) is 6.92 Å². The number of hydrogen-bond acceptors (Lipinski definition) is 0. The molecule has 0 radical (unpaired) electrons. The highest BCUT2D eigenvalue weighted by Gasteiger charge is 2.13. The highest BCUT2D eigenvalue weighted by Crippen LogP contribution is 1.93. The van der Waals surface area contributed by atoms with Crippen LogP contribution in [-0.2, 0) is 0 Å². The number of aryl methyl sites for hydroxylation is 1. The SMILES string of the molecule is Cc1ccc([I+]c2ccccc2)cc1. The van der Waals surface area contributed by atoms with Crippen molar-refractivity contribution >= 4 is 0 Å². The predicted molar refractivity (Wildman–Crippen MR) is 55.0 cm³/mol. The normalized spacial score (nSPS) is 10.1. The van der Waals surface area contributed by atoms with Gasteiger partial charge in [0.2, 0.25) is 0 Å². The van der Waals surface area contributed by atoms with Gasteiger partial charge in [-0.05, 0) is 31.2 Å². The van der Waals surface area contributed by atoms with Crippen molar-refractivity contribution in [1.29, 1.82) is 0 Å².